The Hall–Kier alpha value is -6.86. The van der Waals surface area contributed by atoms with Gasteiger partial charge in [0.1, 0.15) is 30.2 Å². The first-order chi connectivity index (χ1) is 28.3. The number of primary amides is 1. The molecule has 0 aromatic heterocycles. The van der Waals surface area contributed by atoms with Crippen molar-refractivity contribution in [3.05, 3.63) is 108 Å². The van der Waals surface area contributed by atoms with Crippen LogP contribution in [0.1, 0.15) is 29.5 Å². The van der Waals surface area contributed by atoms with Gasteiger partial charge >= 0.3 is 0 Å². The van der Waals surface area contributed by atoms with Crippen LogP contribution in [0, 0.1) is 0 Å². The Balaban J connectivity index is 1.83. The number of benzene rings is 3. The number of nitrogens with two attached hydrogens (primary N) is 4. The summed E-state index contributed by atoms with van der Waals surface area (Å²) < 4.78 is 0. The lowest BCUT2D eigenvalue weighted by Gasteiger charge is -2.27. The number of hydrogen-bond acceptors (Lipinski definition) is 10. The molecule has 59 heavy (non-hydrogen) atoms. The van der Waals surface area contributed by atoms with E-state index in [1.165, 1.54) is 0 Å². The van der Waals surface area contributed by atoms with Gasteiger partial charge in [-0.1, -0.05) is 91.0 Å². The van der Waals surface area contributed by atoms with E-state index in [2.05, 4.69) is 36.9 Å². The molecule has 0 saturated heterocycles. The summed E-state index contributed by atoms with van der Waals surface area (Å²) in [4.78, 5) is 95.7. The number of amides is 7. The van der Waals surface area contributed by atoms with Gasteiger partial charge in [-0.2, -0.15) is 0 Å². The van der Waals surface area contributed by atoms with Crippen LogP contribution in [0.15, 0.2) is 96.0 Å². The van der Waals surface area contributed by atoms with E-state index in [1.807, 2.05) is 0 Å². The van der Waals surface area contributed by atoms with Crippen molar-refractivity contribution in [2.75, 3.05) is 26.2 Å². The number of nitrogens with one attached hydrogen (secondary N) is 6. The van der Waals surface area contributed by atoms with Gasteiger partial charge in [0, 0.05) is 25.8 Å². The third kappa shape index (κ3) is 17.0. The van der Waals surface area contributed by atoms with Gasteiger partial charge in [-0.3, -0.25) is 38.6 Å². The summed E-state index contributed by atoms with van der Waals surface area (Å²) in [6.07, 6.45) is 0.225. The summed E-state index contributed by atoms with van der Waals surface area (Å²) in [5, 5.41) is 25.4. The summed E-state index contributed by atoms with van der Waals surface area (Å²) >= 11 is 0. The Morgan fingerprint density at radius 3 is 1.41 bits per heavy atom. The van der Waals surface area contributed by atoms with Crippen LogP contribution in [0.25, 0.3) is 0 Å². The highest BCUT2D eigenvalue weighted by atomic mass is 16.3. The first-order valence-electron chi connectivity index (χ1n) is 18.8. The maximum absolute atomic E-state index is 14.0. The lowest BCUT2D eigenvalue weighted by Crippen LogP contribution is -2.60. The Morgan fingerprint density at radius 1 is 0.542 bits per heavy atom. The number of nitrogens with zero attached hydrogens (tertiary/aromatic N) is 1. The molecule has 7 amide bonds. The third-order valence-electron chi connectivity index (χ3n) is 8.82. The zero-order valence-corrected chi connectivity index (χ0v) is 32.5. The maximum Gasteiger partial charge on any atom is 0.245 e. The number of carbonyl (C=O) groups excluding carboxylic acids is 7. The highest BCUT2D eigenvalue weighted by Gasteiger charge is 2.32. The predicted octanol–water partition coefficient (Wildman–Crippen LogP) is -3.26. The summed E-state index contributed by atoms with van der Waals surface area (Å²) in [7, 11) is 0. The highest BCUT2D eigenvalue weighted by Crippen LogP contribution is 2.09. The normalized spacial score (nSPS) is 13.2. The molecule has 0 saturated carbocycles. The molecule has 0 bridgehead atoms. The van der Waals surface area contributed by atoms with Crippen molar-refractivity contribution < 1.29 is 38.7 Å². The summed E-state index contributed by atoms with van der Waals surface area (Å²) in [6.45, 7) is -1.61. The SMILES string of the molecule is NCC(=O)NCC(=O)N[C@H](Cc1ccccc1)C(=O)N[C@@H](CO)C(=O)N[C@@H](Cc1ccccc1)C(=O)N[C@@H](CCCN=C(N)N)C(=O)N[C@@H](Cc1ccccc1)C(N)=O. The van der Waals surface area contributed by atoms with Gasteiger partial charge in [-0.25, -0.2) is 0 Å². The van der Waals surface area contributed by atoms with E-state index in [0.717, 1.165) is 5.56 Å². The van der Waals surface area contributed by atoms with Crippen LogP contribution in [-0.2, 0) is 52.8 Å². The molecular formula is C40H53N11O8. The summed E-state index contributed by atoms with van der Waals surface area (Å²) in [5.41, 5.74) is 23.8. The minimum Gasteiger partial charge on any atom is -0.394 e. The van der Waals surface area contributed by atoms with E-state index in [-0.39, 0.29) is 51.2 Å². The molecule has 316 valence electrons. The number of carbonyl (C=O) groups is 7. The van der Waals surface area contributed by atoms with E-state index in [1.54, 1.807) is 91.0 Å². The van der Waals surface area contributed by atoms with Crippen LogP contribution in [0.2, 0.25) is 0 Å². The molecule has 0 unspecified atom stereocenters. The number of rotatable bonds is 24. The van der Waals surface area contributed by atoms with Crippen LogP contribution >= 0.6 is 0 Å². The Morgan fingerprint density at radius 2 is 0.949 bits per heavy atom. The van der Waals surface area contributed by atoms with E-state index >= 15 is 0 Å². The zero-order chi connectivity index (χ0) is 43.2. The molecule has 19 heteroatoms. The smallest absolute Gasteiger partial charge is 0.245 e. The van der Waals surface area contributed by atoms with Gasteiger partial charge in [0.05, 0.1) is 19.7 Å². The predicted molar refractivity (Wildman–Crippen MR) is 218 cm³/mol. The molecule has 0 radical (unpaired) electrons. The molecule has 3 aromatic carbocycles. The topological polar surface area (TPSA) is 328 Å². The van der Waals surface area contributed by atoms with Gasteiger partial charge < -0.3 is 59.9 Å². The van der Waals surface area contributed by atoms with Gasteiger partial charge in [-0.05, 0) is 29.5 Å². The van der Waals surface area contributed by atoms with Gasteiger partial charge in [0.15, 0.2) is 5.96 Å². The molecule has 15 N–H and O–H groups in total. The van der Waals surface area contributed by atoms with Crippen LogP contribution in [0.5, 0.6) is 0 Å². The summed E-state index contributed by atoms with van der Waals surface area (Å²) in [6, 6.07) is 19.6. The second-order valence-corrected chi connectivity index (χ2v) is 13.4. The van der Waals surface area contributed by atoms with Crippen LogP contribution < -0.4 is 54.8 Å². The van der Waals surface area contributed by atoms with E-state index < -0.39 is 84.7 Å². The lowest BCUT2D eigenvalue weighted by atomic mass is 10.0. The van der Waals surface area contributed by atoms with Gasteiger partial charge in [0.2, 0.25) is 41.4 Å². The lowest BCUT2D eigenvalue weighted by molar-refractivity contribution is -0.135. The van der Waals surface area contributed by atoms with Crippen molar-refractivity contribution in [2.24, 2.45) is 27.9 Å². The first-order valence-corrected chi connectivity index (χ1v) is 18.8. The molecule has 19 nitrogen and oxygen atoms in total. The number of hydrogen-bond donors (Lipinski definition) is 11. The number of aliphatic imine (C=N–C) groups is 1. The van der Waals surface area contributed by atoms with E-state index in [9.17, 15) is 38.7 Å². The standard InChI is InChI=1S/C40H53N11O8/c41-22-33(53)46-23-34(54)47-30(20-26-13-6-2-7-14-26)37(57)51-32(24-52)39(59)50-31(21-27-15-8-3-9-16-27)38(58)48-28(17-10-18-45-40(43)44)36(56)49-29(35(42)55)19-25-11-4-1-5-12-25/h1-9,11-16,28-32,52H,10,17-24,41H2,(H2,42,55)(H,46,53)(H,47,54)(H,48,58)(H,49,56)(H,50,59)(H,51,57)(H4,43,44,45)/t28-,29-,30+,31-,32-/m0/s1. The molecule has 0 spiro atoms. The van der Waals surface area contributed by atoms with E-state index in [4.69, 9.17) is 22.9 Å². The fourth-order valence-electron chi connectivity index (χ4n) is 5.74. The molecule has 0 aliphatic carbocycles. The fourth-order valence-corrected chi connectivity index (χ4v) is 5.74. The number of guanidine groups is 1. The first kappa shape index (κ1) is 46.5. The molecule has 5 atom stereocenters. The second-order valence-electron chi connectivity index (χ2n) is 13.4. The zero-order valence-electron chi connectivity index (χ0n) is 32.5. The van der Waals surface area contributed by atoms with Crippen molar-refractivity contribution in [1.29, 1.82) is 0 Å². The monoisotopic (exact) mass is 815 g/mol. The molecular weight excluding hydrogens is 763 g/mol. The van der Waals surface area contributed by atoms with Crippen molar-refractivity contribution in [3.63, 3.8) is 0 Å². The fraction of sp³-hybridized carbons (Fsp3) is 0.350. The largest absolute Gasteiger partial charge is 0.394 e. The summed E-state index contributed by atoms with van der Waals surface area (Å²) in [5.74, 6) is -5.62. The Bertz CT molecular complexity index is 1880. The average molecular weight is 816 g/mol. The highest BCUT2D eigenvalue weighted by molar-refractivity contribution is 5.97. The Kier molecular flexibility index (Phi) is 19.5. The van der Waals surface area contributed by atoms with Crippen LogP contribution in [0.3, 0.4) is 0 Å². The van der Waals surface area contributed by atoms with Crippen molar-refractivity contribution in [1.82, 2.24) is 31.9 Å². The van der Waals surface area contributed by atoms with Crippen molar-refractivity contribution in [2.45, 2.75) is 62.3 Å². The second kappa shape index (κ2) is 24.7. The Labute approximate surface area is 341 Å². The molecule has 3 rings (SSSR count). The molecule has 0 fully saturated rings. The molecule has 0 aliphatic rings. The number of aliphatic hydroxyl groups excluding tert-OH is 1. The third-order valence-corrected chi connectivity index (χ3v) is 8.82. The molecule has 0 heterocycles. The van der Waals surface area contributed by atoms with Gasteiger partial charge in [0.25, 0.3) is 0 Å². The molecule has 3 aromatic rings. The maximum atomic E-state index is 14.0. The van der Waals surface area contributed by atoms with Crippen molar-refractivity contribution in [3.8, 4) is 0 Å². The van der Waals surface area contributed by atoms with Gasteiger partial charge in [-0.15, -0.1) is 0 Å². The molecule has 0 aliphatic heterocycles. The van der Waals surface area contributed by atoms with E-state index in [0.29, 0.717) is 11.1 Å². The van der Waals surface area contributed by atoms with Crippen LogP contribution in [0.4, 0.5) is 0 Å². The number of aliphatic hydroxyl groups is 1. The van der Waals surface area contributed by atoms with Crippen molar-refractivity contribution >= 4 is 47.3 Å². The van der Waals surface area contributed by atoms with Crippen LogP contribution in [-0.4, -0.2) is 109 Å². The quantitative estimate of drug-likeness (QED) is 0.0242. The minimum absolute atomic E-state index is 0.0108. The average Bonchev–Trinajstić information content (AvgIpc) is 3.22. The minimum atomic E-state index is -1.60.